The summed E-state index contributed by atoms with van der Waals surface area (Å²) in [4.78, 5) is 11.9. The first-order valence-corrected chi connectivity index (χ1v) is 6.09. The van der Waals surface area contributed by atoms with Crippen LogP contribution in [0.1, 0.15) is 31.3 Å². The van der Waals surface area contributed by atoms with Crippen LogP contribution in [0.25, 0.3) is 0 Å². The van der Waals surface area contributed by atoms with E-state index in [-0.39, 0.29) is 29.9 Å². The number of rotatable bonds is 3. The van der Waals surface area contributed by atoms with Gasteiger partial charge in [0.1, 0.15) is 0 Å². The number of carbonyl (C=O) groups is 1. The molecule has 0 spiro atoms. The summed E-state index contributed by atoms with van der Waals surface area (Å²) in [6.45, 7) is 0.829. The largest absolute Gasteiger partial charge is 0.325 e. The fourth-order valence-electron chi connectivity index (χ4n) is 2.06. The highest BCUT2D eigenvalue weighted by molar-refractivity contribution is 5.94. The summed E-state index contributed by atoms with van der Waals surface area (Å²) in [7, 11) is 0. The second-order valence-corrected chi connectivity index (χ2v) is 4.42. The summed E-state index contributed by atoms with van der Waals surface area (Å²) in [6.07, 6.45) is 0.363. The Morgan fingerprint density at radius 3 is 2.79 bits per heavy atom. The van der Waals surface area contributed by atoms with Crippen molar-refractivity contribution in [2.24, 2.45) is 0 Å². The van der Waals surface area contributed by atoms with Gasteiger partial charge in [-0.15, -0.1) is 12.4 Å². The second kappa shape index (κ2) is 7.40. The van der Waals surface area contributed by atoms with Crippen molar-refractivity contribution in [3.63, 3.8) is 0 Å². The van der Waals surface area contributed by atoms with E-state index in [1.165, 1.54) is 18.2 Å². The molecular formula is C13H17ClF2N2O. The van der Waals surface area contributed by atoms with Gasteiger partial charge >= 0.3 is 0 Å². The van der Waals surface area contributed by atoms with Crippen molar-refractivity contribution in [1.29, 1.82) is 0 Å². The van der Waals surface area contributed by atoms with E-state index >= 15 is 0 Å². The lowest BCUT2D eigenvalue weighted by Gasteiger charge is -2.22. The second-order valence-electron chi connectivity index (χ2n) is 4.42. The van der Waals surface area contributed by atoms with Gasteiger partial charge in [-0.05, 0) is 31.5 Å². The highest BCUT2D eigenvalue weighted by Crippen LogP contribution is 2.22. The molecule has 0 radical (unpaired) electrons. The molecule has 1 aliphatic heterocycles. The van der Waals surface area contributed by atoms with Crippen LogP contribution in [0.15, 0.2) is 24.3 Å². The summed E-state index contributed by atoms with van der Waals surface area (Å²) in [5.41, 5.74) is 0.342. The average Bonchev–Trinajstić information content (AvgIpc) is 2.40. The van der Waals surface area contributed by atoms with E-state index in [0.29, 0.717) is 5.69 Å². The Hall–Kier alpha value is -1.20. The molecule has 1 aromatic carbocycles. The molecule has 19 heavy (non-hydrogen) atoms. The third-order valence-corrected chi connectivity index (χ3v) is 3.03. The van der Waals surface area contributed by atoms with E-state index < -0.39 is 6.43 Å². The normalized spacial score (nSPS) is 18.8. The number of halogens is 3. The average molecular weight is 291 g/mol. The number of alkyl halides is 2. The predicted molar refractivity (Wildman–Crippen MR) is 72.9 cm³/mol. The van der Waals surface area contributed by atoms with Crippen LogP contribution in [0.3, 0.4) is 0 Å². The molecule has 6 heteroatoms. The van der Waals surface area contributed by atoms with Crippen LogP contribution >= 0.6 is 12.4 Å². The maximum atomic E-state index is 12.5. The van der Waals surface area contributed by atoms with Crippen molar-refractivity contribution in [2.75, 3.05) is 11.9 Å². The van der Waals surface area contributed by atoms with E-state index in [1.807, 2.05) is 0 Å². The van der Waals surface area contributed by atoms with Gasteiger partial charge in [0, 0.05) is 11.3 Å². The zero-order valence-electron chi connectivity index (χ0n) is 10.4. The molecule has 1 heterocycles. The number of anilines is 1. The Labute approximate surface area is 117 Å². The van der Waals surface area contributed by atoms with E-state index in [0.717, 1.165) is 25.8 Å². The molecule has 1 atom stereocenters. The van der Waals surface area contributed by atoms with Gasteiger partial charge in [0.15, 0.2) is 0 Å². The summed E-state index contributed by atoms with van der Waals surface area (Å²) >= 11 is 0. The molecule has 0 aromatic heterocycles. The zero-order chi connectivity index (χ0) is 13.0. The van der Waals surface area contributed by atoms with Crippen LogP contribution in [0, 0.1) is 0 Å². The summed E-state index contributed by atoms with van der Waals surface area (Å²) in [6, 6.07) is 5.58. The first-order chi connectivity index (χ1) is 8.66. The van der Waals surface area contributed by atoms with Crippen molar-refractivity contribution in [3.8, 4) is 0 Å². The highest BCUT2D eigenvalue weighted by atomic mass is 35.5. The van der Waals surface area contributed by atoms with E-state index in [9.17, 15) is 13.6 Å². The highest BCUT2D eigenvalue weighted by Gasteiger charge is 2.20. The number of nitrogens with one attached hydrogen (secondary N) is 2. The van der Waals surface area contributed by atoms with Gasteiger partial charge in [0.05, 0.1) is 6.04 Å². The van der Waals surface area contributed by atoms with Crippen molar-refractivity contribution < 1.29 is 13.6 Å². The van der Waals surface area contributed by atoms with Crippen molar-refractivity contribution in [3.05, 3.63) is 29.8 Å². The Bertz CT molecular complexity index is 423. The molecule has 0 saturated carbocycles. The fraction of sp³-hybridized carbons (Fsp3) is 0.462. The van der Waals surface area contributed by atoms with E-state index in [4.69, 9.17) is 0 Å². The van der Waals surface area contributed by atoms with Gasteiger partial charge in [-0.1, -0.05) is 18.6 Å². The number of amides is 1. The summed E-state index contributed by atoms with van der Waals surface area (Å²) in [5, 5.41) is 5.79. The van der Waals surface area contributed by atoms with Crippen LogP contribution in [0.2, 0.25) is 0 Å². The number of carbonyl (C=O) groups excluding carboxylic acids is 1. The maximum Gasteiger partial charge on any atom is 0.263 e. The smallest absolute Gasteiger partial charge is 0.263 e. The molecule has 1 unspecified atom stereocenters. The minimum atomic E-state index is -2.52. The van der Waals surface area contributed by atoms with Crippen LogP contribution in [-0.2, 0) is 4.79 Å². The molecular weight excluding hydrogens is 274 g/mol. The minimum Gasteiger partial charge on any atom is -0.325 e. The third kappa shape index (κ3) is 4.44. The van der Waals surface area contributed by atoms with Crippen molar-refractivity contribution in [1.82, 2.24) is 5.32 Å². The third-order valence-electron chi connectivity index (χ3n) is 3.03. The SMILES string of the molecule is Cl.O=C(Nc1cccc(C(F)F)c1)C1CCCCN1. The molecule has 2 rings (SSSR count). The molecule has 1 saturated heterocycles. The van der Waals surface area contributed by atoms with E-state index in [2.05, 4.69) is 10.6 Å². The standard InChI is InChI=1S/C13H16F2N2O.ClH/c14-12(15)9-4-3-5-10(8-9)17-13(18)11-6-1-2-7-16-11;/h3-5,8,11-12,16H,1-2,6-7H2,(H,17,18);1H. The summed E-state index contributed by atoms with van der Waals surface area (Å²) in [5.74, 6) is -0.152. The lowest BCUT2D eigenvalue weighted by Crippen LogP contribution is -2.43. The van der Waals surface area contributed by atoms with Crippen LogP contribution in [0.5, 0.6) is 0 Å². The predicted octanol–water partition coefficient (Wildman–Crippen LogP) is 3.13. The molecule has 1 aromatic rings. The minimum absolute atomic E-state index is 0. The number of benzene rings is 1. The van der Waals surface area contributed by atoms with Crippen LogP contribution in [0.4, 0.5) is 14.5 Å². The Balaban J connectivity index is 0.00000180. The van der Waals surface area contributed by atoms with Crippen molar-refractivity contribution >= 4 is 24.0 Å². The molecule has 0 bridgehead atoms. The van der Waals surface area contributed by atoms with Gasteiger partial charge < -0.3 is 10.6 Å². The monoisotopic (exact) mass is 290 g/mol. The van der Waals surface area contributed by atoms with E-state index in [1.54, 1.807) is 6.07 Å². The molecule has 3 nitrogen and oxygen atoms in total. The van der Waals surface area contributed by atoms with Gasteiger partial charge in [-0.3, -0.25) is 4.79 Å². The first kappa shape index (κ1) is 15.9. The number of hydrogen-bond acceptors (Lipinski definition) is 2. The Morgan fingerprint density at radius 1 is 1.37 bits per heavy atom. The van der Waals surface area contributed by atoms with Gasteiger partial charge in [0.2, 0.25) is 5.91 Å². The van der Waals surface area contributed by atoms with Gasteiger partial charge in [-0.25, -0.2) is 8.78 Å². The van der Waals surface area contributed by atoms with Crippen LogP contribution < -0.4 is 10.6 Å². The van der Waals surface area contributed by atoms with Gasteiger partial charge in [0.25, 0.3) is 6.43 Å². The molecule has 2 N–H and O–H groups in total. The fourth-order valence-corrected chi connectivity index (χ4v) is 2.06. The zero-order valence-corrected chi connectivity index (χ0v) is 11.2. The molecule has 1 aliphatic rings. The molecule has 1 amide bonds. The molecule has 106 valence electrons. The van der Waals surface area contributed by atoms with Crippen molar-refractivity contribution in [2.45, 2.75) is 31.7 Å². The van der Waals surface area contributed by atoms with Crippen LogP contribution in [-0.4, -0.2) is 18.5 Å². The van der Waals surface area contributed by atoms with Gasteiger partial charge in [-0.2, -0.15) is 0 Å². The lowest BCUT2D eigenvalue weighted by atomic mass is 10.0. The maximum absolute atomic E-state index is 12.5. The topological polar surface area (TPSA) is 41.1 Å². The quantitative estimate of drug-likeness (QED) is 0.898. The lowest BCUT2D eigenvalue weighted by molar-refractivity contribution is -0.118. The molecule has 0 aliphatic carbocycles. The Morgan fingerprint density at radius 2 is 2.16 bits per heavy atom. The first-order valence-electron chi connectivity index (χ1n) is 6.09. The molecule has 1 fully saturated rings. The number of piperidine rings is 1. The Kier molecular flexibility index (Phi) is 6.18. The number of hydrogen-bond donors (Lipinski definition) is 2. The summed E-state index contributed by atoms with van der Waals surface area (Å²) < 4.78 is 25.0.